The number of aromatic hydroxyl groups is 1. The maximum absolute atomic E-state index is 12.5. The maximum Gasteiger partial charge on any atom is 0.416 e. The van der Waals surface area contributed by atoms with E-state index in [1.54, 1.807) is 12.1 Å². The van der Waals surface area contributed by atoms with Crippen LogP contribution in [0.1, 0.15) is 5.56 Å². The zero-order valence-corrected chi connectivity index (χ0v) is 12.9. The van der Waals surface area contributed by atoms with E-state index in [0.717, 1.165) is 12.1 Å². The Balaban J connectivity index is 1.94. The smallest absolute Gasteiger partial charge is 0.416 e. The number of hydrogen-bond donors (Lipinski definition) is 1. The Morgan fingerprint density at radius 2 is 1.74 bits per heavy atom. The first-order valence-electron chi connectivity index (χ1n) is 6.35. The van der Waals surface area contributed by atoms with E-state index in [2.05, 4.69) is 26.1 Å². The van der Waals surface area contributed by atoms with Crippen LogP contribution in [0.2, 0.25) is 0 Å². The molecular weight excluding hydrogens is 377 g/mol. The van der Waals surface area contributed by atoms with E-state index in [4.69, 9.17) is 4.52 Å². The zero-order valence-electron chi connectivity index (χ0n) is 11.3. The van der Waals surface area contributed by atoms with Gasteiger partial charge in [0.1, 0.15) is 5.75 Å². The van der Waals surface area contributed by atoms with Crippen molar-refractivity contribution in [1.29, 1.82) is 0 Å². The molecule has 0 fully saturated rings. The summed E-state index contributed by atoms with van der Waals surface area (Å²) in [4.78, 5) is 4.10. The zero-order chi connectivity index (χ0) is 16.6. The molecular formula is C15H8BrF3N2O2. The number of phenols is 1. The molecule has 0 saturated heterocycles. The Bertz CT molecular complexity index is 845. The van der Waals surface area contributed by atoms with Crippen LogP contribution in [0.15, 0.2) is 51.5 Å². The predicted molar refractivity (Wildman–Crippen MR) is 79.5 cm³/mol. The molecule has 0 amide bonds. The Hall–Kier alpha value is -2.35. The van der Waals surface area contributed by atoms with Crippen molar-refractivity contribution < 1.29 is 22.8 Å². The first kappa shape index (κ1) is 15.5. The Morgan fingerprint density at radius 3 is 2.39 bits per heavy atom. The highest BCUT2D eigenvalue weighted by Crippen LogP contribution is 2.33. The minimum absolute atomic E-state index is 0.0455. The second kappa shape index (κ2) is 5.69. The summed E-state index contributed by atoms with van der Waals surface area (Å²) in [6.45, 7) is 0. The fourth-order valence-electron chi connectivity index (χ4n) is 1.94. The van der Waals surface area contributed by atoms with E-state index in [1.165, 1.54) is 18.2 Å². The van der Waals surface area contributed by atoms with Crippen molar-refractivity contribution in [3.05, 3.63) is 52.5 Å². The summed E-state index contributed by atoms with van der Waals surface area (Å²) in [5, 5.41) is 13.6. The molecule has 1 aromatic heterocycles. The maximum atomic E-state index is 12.5. The van der Waals surface area contributed by atoms with Crippen molar-refractivity contribution in [3.8, 4) is 28.6 Å². The number of phenolic OH excluding ortho intramolecular Hbond substituents is 1. The predicted octanol–water partition coefficient (Wildman–Crippen LogP) is 4.89. The third-order valence-corrected chi connectivity index (χ3v) is 3.58. The molecule has 3 rings (SSSR count). The SMILES string of the molecule is Oc1ccc(Br)cc1-c1nc(-c2ccc(C(F)(F)F)cc2)no1. The Morgan fingerprint density at radius 1 is 1.04 bits per heavy atom. The average Bonchev–Trinajstić information content (AvgIpc) is 2.99. The molecule has 4 nitrogen and oxygen atoms in total. The highest BCUT2D eigenvalue weighted by molar-refractivity contribution is 9.10. The third-order valence-electron chi connectivity index (χ3n) is 3.09. The number of halogens is 4. The van der Waals surface area contributed by atoms with E-state index in [9.17, 15) is 18.3 Å². The standard InChI is InChI=1S/C15H8BrF3N2O2/c16-10-5-6-12(22)11(7-10)14-20-13(21-23-14)8-1-3-9(4-2-8)15(17,18)19/h1-7,22H. The molecule has 0 atom stereocenters. The lowest BCUT2D eigenvalue weighted by Crippen LogP contribution is -2.04. The van der Waals surface area contributed by atoms with Crippen molar-refractivity contribution >= 4 is 15.9 Å². The summed E-state index contributed by atoms with van der Waals surface area (Å²) in [7, 11) is 0. The number of alkyl halides is 3. The summed E-state index contributed by atoms with van der Waals surface area (Å²) >= 11 is 3.26. The van der Waals surface area contributed by atoms with Crippen molar-refractivity contribution in [3.63, 3.8) is 0 Å². The first-order chi connectivity index (χ1) is 10.8. The lowest BCUT2D eigenvalue weighted by atomic mass is 10.1. The molecule has 8 heteroatoms. The summed E-state index contributed by atoms with van der Waals surface area (Å²) in [5.41, 5.74) is -0.0536. The van der Waals surface area contributed by atoms with Crippen LogP contribution < -0.4 is 0 Å². The molecule has 1 N–H and O–H groups in total. The van der Waals surface area contributed by atoms with Crippen molar-refractivity contribution in [2.45, 2.75) is 6.18 Å². The molecule has 0 saturated carbocycles. The Kier molecular flexibility index (Phi) is 3.85. The van der Waals surface area contributed by atoms with Gasteiger partial charge in [-0.3, -0.25) is 0 Å². The van der Waals surface area contributed by atoms with E-state index in [1.807, 2.05) is 0 Å². The summed E-state index contributed by atoms with van der Waals surface area (Å²) in [6.07, 6.45) is -4.40. The quantitative estimate of drug-likeness (QED) is 0.683. The van der Waals surface area contributed by atoms with Crippen LogP contribution in [0.4, 0.5) is 13.2 Å². The van der Waals surface area contributed by atoms with Crippen molar-refractivity contribution in [2.24, 2.45) is 0 Å². The van der Waals surface area contributed by atoms with Gasteiger partial charge in [0, 0.05) is 10.0 Å². The van der Waals surface area contributed by atoms with Gasteiger partial charge in [0.15, 0.2) is 0 Å². The number of aromatic nitrogens is 2. The number of hydrogen-bond acceptors (Lipinski definition) is 4. The Labute approximate surface area is 136 Å². The molecule has 0 spiro atoms. The van der Waals surface area contributed by atoms with Crippen LogP contribution in [-0.2, 0) is 6.18 Å². The minimum atomic E-state index is -4.40. The van der Waals surface area contributed by atoms with Crippen LogP contribution in [0, 0.1) is 0 Å². The molecule has 2 aromatic carbocycles. The van der Waals surface area contributed by atoms with Crippen molar-refractivity contribution in [1.82, 2.24) is 10.1 Å². The molecule has 0 aliphatic rings. The van der Waals surface area contributed by atoms with Crippen LogP contribution >= 0.6 is 15.9 Å². The van der Waals surface area contributed by atoms with E-state index < -0.39 is 11.7 Å². The van der Waals surface area contributed by atoms with Crippen molar-refractivity contribution in [2.75, 3.05) is 0 Å². The molecule has 23 heavy (non-hydrogen) atoms. The summed E-state index contributed by atoms with van der Waals surface area (Å²) in [6, 6.07) is 9.12. The lowest BCUT2D eigenvalue weighted by molar-refractivity contribution is -0.137. The van der Waals surface area contributed by atoms with Crippen LogP contribution in [0.5, 0.6) is 5.75 Å². The molecule has 0 radical (unpaired) electrons. The van der Waals surface area contributed by atoms with Gasteiger partial charge in [-0.15, -0.1) is 0 Å². The highest BCUT2D eigenvalue weighted by atomic mass is 79.9. The van der Waals surface area contributed by atoms with E-state index in [0.29, 0.717) is 15.6 Å². The molecule has 1 heterocycles. The molecule has 0 unspecified atom stereocenters. The van der Waals surface area contributed by atoms with Gasteiger partial charge in [-0.1, -0.05) is 33.2 Å². The molecule has 0 bridgehead atoms. The summed E-state index contributed by atoms with van der Waals surface area (Å²) < 4.78 is 43.4. The second-order valence-corrected chi connectivity index (χ2v) is 5.58. The number of rotatable bonds is 2. The number of benzene rings is 2. The number of nitrogens with zero attached hydrogens (tertiary/aromatic N) is 2. The van der Waals surface area contributed by atoms with Gasteiger partial charge in [0.05, 0.1) is 11.1 Å². The fraction of sp³-hybridized carbons (Fsp3) is 0.0667. The summed E-state index contributed by atoms with van der Waals surface area (Å²) in [5.74, 6) is 0.155. The van der Waals surface area contributed by atoms with Gasteiger partial charge in [-0.05, 0) is 30.3 Å². The minimum Gasteiger partial charge on any atom is -0.507 e. The largest absolute Gasteiger partial charge is 0.507 e. The highest BCUT2D eigenvalue weighted by Gasteiger charge is 2.30. The average molecular weight is 385 g/mol. The van der Waals surface area contributed by atoms with Gasteiger partial charge >= 0.3 is 6.18 Å². The lowest BCUT2D eigenvalue weighted by Gasteiger charge is -2.05. The third kappa shape index (κ3) is 3.21. The topological polar surface area (TPSA) is 59.2 Å². The van der Waals surface area contributed by atoms with E-state index >= 15 is 0 Å². The fourth-order valence-corrected chi connectivity index (χ4v) is 2.30. The normalized spacial score (nSPS) is 11.7. The van der Waals surface area contributed by atoms with Gasteiger partial charge < -0.3 is 9.63 Å². The first-order valence-corrected chi connectivity index (χ1v) is 7.14. The molecule has 0 aliphatic carbocycles. The van der Waals surface area contributed by atoms with Crippen LogP contribution in [-0.4, -0.2) is 15.2 Å². The van der Waals surface area contributed by atoms with Gasteiger partial charge in [-0.25, -0.2) is 0 Å². The molecule has 118 valence electrons. The monoisotopic (exact) mass is 384 g/mol. The van der Waals surface area contributed by atoms with E-state index in [-0.39, 0.29) is 17.5 Å². The molecule has 0 aliphatic heterocycles. The van der Waals surface area contributed by atoms with Crippen LogP contribution in [0.3, 0.4) is 0 Å². The van der Waals surface area contributed by atoms with Gasteiger partial charge in [0.2, 0.25) is 5.82 Å². The molecule has 3 aromatic rings. The van der Waals surface area contributed by atoms with Gasteiger partial charge in [0.25, 0.3) is 5.89 Å². The van der Waals surface area contributed by atoms with Gasteiger partial charge in [-0.2, -0.15) is 18.2 Å². The van der Waals surface area contributed by atoms with Crippen LogP contribution in [0.25, 0.3) is 22.8 Å². The second-order valence-electron chi connectivity index (χ2n) is 4.66.